The van der Waals surface area contributed by atoms with Crippen LogP contribution in [0.15, 0.2) is 31.6 Å². The van der Waals surface area contributed by atoms with E-state index >= 15 is 0 Å². The lowest BCUT2D eigenvalue weighted by atomic mass is 10.4. The average Bonchev–Trinajstić information content (AvgIpc) is 2.91. The quantitative estimate of drug-likeness (QED) is 0.745. The molecule has 0 atom stereocenters. The van der Waals surface area contributed by atoms with Crippen molar-refractivity contribution in [2.45, 2.75) is 13.0 Å². The van der Waals surface area contributed by atoms with Crippen LogP contribution in [0.2, 0.25) is 0 Å². The highest BCUT2D eigenvalue weighted by atomic mass is 16.5. The van der Waals surface area contributed by atoms with Crippen molar-refractivity contribution in [3.63, 3.8) is 0 Å². The maximum atomic E-state index is 8.70. The first kappa shape index (κ1) is 14.5. The Morgan fingerprint density at radius 2 is 2.24 bits per heavy atom. The van der Waals surface area contributed by atoms with Crippen LogP contribution in [0.1, 0.15) is 6.42 Å². The number of hydrogen-bond donors (Lipinski definition) is 1. The number of nitrogens with one attached hydrogen (secondary N) is 1. The summed E-state index contributed by atoms with van der Waals surface area (Å²) in [6.45, 7) is 8.65. The van der Waals surface area contributed by atoms with Crippen molar-refractivity contribution in [3.05, 3.63) is 31.6 Å². The number of aryl methyl sites for hydroxylation is 1. The molecule has 0 bridgehead atoms. The summed E-state index contributed by atoms with van der Waals surface area (Å²) in [5, 5.41) is 11.7. The molecule has 0 saturated heterocycles. The Morgan fingerprint density at radius 3 is 2.95 bits per heavy atom. The summed E-state index contributed by atoms with van der Waals surface area (Å²) in [6.07, 6.45) is 5.37. The van der Waals surface area contributed by atoms with Gasteiger partial charge in [-0.3, -0.25) is 0 Å². The SMILES string of the molecule is C=CCNc1nc(OCC=C)c2ncn(CCC#N)c2n1. The molecule has 2 aromatic rings. The molecule has 7 heteroatoms. The summed E-state index contributed by atoms with van der Waals surface area (Å²) in [4.78, 5) is 13.0. The molecule has 0 aromatic carbocycles. The monoisotopic (exact) mass is 284 g/mol. The van der Waals surface area contributed by atoms with Gasteiger partial charge in [-0.25, -0.2) is 4.98 Å². The highest BCUT2D eigenvalue weighted by molar-refractivity contribution is 5.77. The first-order chi connectivity index (χ1) is 10.3. The fourth-order valence-electron chi connectivity index (χ4n) is 1.73. The van der Waals surface area contributed by atoms with Crippen LogP contribution in [-0.2, 0) is 6.54 Å². The Kier molecular flexibility index (Phi) is 4.88. The van der Waals surface area contributed by atoms with Gasteiger partial charge in [-0.1, -0.05) is 18.7 Å². The van der Waals surface area contributed by atoms with Crippen molar-refractivity contribution in [1.29, 1.82) is 5.26 Å². The van der Waals surface area contributed by atoms with Gasteiger partial charge >= 0.3 is 0 Å². The molecule has 0 spiro atoms. The third kappa shape index (κ3) is 3.36. The van der Waals surface area contributed by atoms with Crippen LogP contribution in [0, 0.1) is 11.3 Å². The van der Waals surface area contributed by atoms with Crippen molar-refractivity contribution in [1.82, 2.24) is 19.5 Å². The molecular weight excluding hydrogens is 268 g/mol. The van der Waals surface area contributed by atoms with E-state index < -0.39 is 0 Å². The van der Waals surface area contributed by atoms with Crippen molar-refractivity contribution in [3.8, 4) is 11.9 Å². The minimum Gasteiger partial charge on any atom is -0.472 e. The van der Waals surface area contributed by atoms with Crippen LogP contribution in [0.25, 0.3) is 11.2 Å². The largest absolute Gasteiger partial charge is 0.472 e. The number of nitriles is 1. The topological polar surface area (TPSA) is 88.7 Å². The number of anilines is 1. The van der Waals surface area contributed by atoms with Crippen LogP contribution >= 0.6 is 0 Å². The van der Waals surface area contributed by atoms with Gasteiger partial charge in [0, 0.05) is 13.1 Å². The number of ether oxygens (including phenoxy) is 1. The molecule has 2 rings (SSSR count). The maximum absolute atomic E-state index is 8.70. The molecule has 0 radical (unpaired) electrons. The van der Waals surface area contributed by atoms with Crippen molar-refractivity contribution >= 4 is 17.1 Å². The second-order valence-corrected chi connectivity index (χ2v) is 4.14. The highest BCUT2D eigenvalue weighted by Gasteiger charge is 2.14. The van der Waals surface area contributed by atoms with Crippen molar-refractivity contribution in [2.75, 3.05) is 18.5 Å². The first-order valence-corrected chi connectivity index (χ1v) is 6.48. The highest BCUT2D eigenvalue weighted by Crippen LogP contribution is 2.23. The molecule has 21 heavy (non-hydrogen) atoms. The summed E-state index contributed by atoms with van der Waals surface area (Å²) in [5.74, 6) is 0.822. The Hall–Kier alpha value is -2.88. The zero-order valence-electron chi connectivity index (χ0n) is 11.6. The maximum Gasteiger partial charge on any atom is 0.247 e. The van der Waals surface area contributed by atoms with Gasteiger partial charge in [-0.15, -0.1) is 6.58 Å². The fourth-order valence-corrected chi connectivity index (χ4v) is 1.73. The molecule has 1 N–H and O–H groups in total. The summed E-state index contributed by atoms with van der Waals surface area (Å²) in [5.41, 5.74) is 1.20. The number of aromatic nitrogens is 4. The lowest BCUT2D eigenvalue weighted by Crippen LogP contribution is -2.07. The zero-order valence-corrected chi connectivity index (χ0v) is 11.6. The van der Waals surface area contributed by atoms with E-state index in [1.807, 2.05) is 0 Å². The van der Waals surface area contributed by atoms with Crippen molar-refractivity contribution < 1.29 is 4.74 Å². The Labute approximate surface area is 122 Å². The number of nitrogens with zero attached hydrogens (tertiary/aromatic N) is 5. The van der Waals surface area contributed by atoms with Crippen molar-refractivity contribution in [2.24, 2.45) is 0 Å². The predicted molar refractivity (Wildman–Crippen MR) is 79.9 cm³/mol. The third-order valence-corrected chi connectivity index (χ3v) is 2.64. The van der Waals surface area contributed by atoms with Crippen LogP contribution < -0.4 is 10.1 Å². The van der Waals surface area contributed by atoms with Gasteiger partial charge in [0.05, 0.1) is 18.8 Å². The summed E-state index contributed by atoms with van der Waals surface area (Å²) in [7, 11) is 0. The summed E-state index contributed by atoms with van der Waals surface area (Å²) < 4.78 is 7.34. The molecule has 0 unspecified atom stereocenters. The zero-order chi connectivity index (χ0) is 15.1. The molecule has 0 fully saturated rings. The second kappa shape index (κ2) is 7.05. The van der Waals surface area contributed by atoms with Gasteiger partial charge in [0.1, 0.15) is 6.61 Å². The van der Waals surface area contributed by atoms with E-state index in [1.54, 1.807) is 23.0 Å². The van der Waals surface area contributed by atoms with Gasteiger partial charge in [0.15, 0.2) is 11.2 Å². The molecule has 7 nitrogen and oxygen atoms in total. The van der Waals surface area contributed by atoms with Gasteiger partial charge < -0.3 is 14.6 Å². The van der Waals surface area contributed by atoms with E-state index in [0.717, 1.165) is 0 Å². The van der Waals surface area contributed by atoms with Gasteiger partial charge in [-0.2, -0.15) is 15.2 Å². The summed E-state index contributed by atoms with van der Waals surface area (Å²) in [6, 6.07) is 2.10. The van der Waals surface area contributed by atoms with E-state index in [-0.39, 0.29) is 0 Å². The third-order valence-electron chi connectivity index (χ3n) is 2.64. The summed E-state index contributed by atoms with van der Waals surface area (Å²) >= 11 is 0. The molecule has 108 valence electrons. The van der Waals surface area contributed by atoms with Gasteiger partial charge in [0.2, 0.25) is 11.8 Å². The minimum atomic E-state index is 0.331. The van der Waals surface area contributed by atoms with Crippen LogP contribution in [-0.4, -0.2) is 32.7 Å². The molecule has 0 aliphatic carbocycles. The molecule has 2 heterocycles. The van der Waals surface area contributed by atoms with E-state index in [4.69, 9.17) is 10.00 Å². The molecule has 2 aromatic heterocycles. The molecular formula is C14H16N6O. The normalized spacial score (nSPS) is 10.0. The lowest BCUT2D eigenvalue weighted by molar-refractivity contribution is 0.353. The second-order valence-electron chi connectivity index (χ2n) is 4.14. The van der Waals surface area contributed by atoms with Crippen LogP contribution in [0.4, 0.5) is 5.95 Å². The first-order valence-electron chi connectivity index (χ1n) is 6.48. The number of imidazole rings is 1. The minimum absolute atomic E-state index is 0.331. The standard InChI is InChI=1S/C14H16N6O/c1-3-7-16-14-18-12-11(13(19-14)21-9-4-2)17-10-20(12)8-5-6-15/h3-4,10H,1-2,5,7-9H2,(H,16,18,19). The van der Waals surface area contributed by atoms with Gasteiger partial charge in [0.25, 0.3) is 0 Å². The average molecular weight is 284 g/mol. The van der Waals surface area contributed by atoms with Crippen LogP contribution in [0.5, 0.6) is 5.88 Å². The smallest absolute Gasteiger partial charge is 0.247 e. The van der Waals surface area contributed by atoms with E-state index in [9.17, 15) is 0 Å². The molecule has 0 amide bonds. The molecule has 0 saturated carbocycles. The number of rotatable bonds is 8. The Balaban J connectivity index is 2.42. The van der Waals surface area contributed by atoms with E-state index in [1.165, 1.54) is 0 Å². The van der Waals surface area contributed by atoms with Gasteiger partial charge in [-0.05, 0) is 0 Å². The van der Waals surface area contributed by atoms with E-state index in [2.05, 4.69) is 39.5 Å². The van der Waals surface area contributed by atoms with Crippen LogP contribution in [0.3, 0.4) is 0 Å². The Bertz CT molecular complexity index is 685. The number of hydrogen-bond acceptors (Lipinski definition) is 6. The van der Waals surface area contributed by atoms with E-state index in [0.29, 0.717) is 49.1 Å². The molecule has 0 aliphatic heterocycles. The lowest BCUT2D eigenvalue weighted by Gasteiger charge is -2.08. The Morgan fingerprint density at radius 1 is 1.38 bits per heavy atom. The fraction of sp³-hybridized carbons (Fsp3) is 0.286. The predicted octanol–water partition coefficient (Wildman–Crippen LogP) is 1.90. The molecule has 0 aliphatic rings. The number of fused-ring (bicyclic) bond motifs is 1.